The molecular formula is C18H25N3O2. The first-order chi connectivity index (χ1) is 11.0. The highest BCUT2D eigenvalue weighted by Crippen LogP contribution is 2.20. The molecule has 2 amide bonds. The molecule has 0 bridgehead atoms. The van der Waals surface area contributed by atoms with E-state index in [1.807, 2.05) is 31.2 Å². The minimum Gasteiger partial charge on any atom is -0.326 e. The summed E-state index contributed by atoms with van der Waals surface area (Å²) >= 11 is 0. The second-order valence-corrected chi connectivity index (χ2v) is 6.20. The highest BCUT2D eigenvalue weighted by Gasteiger charge is 2.16. The van der Waals surface area contributed by atoms with E-state index in [0.717, 1.165) is 36.2 Å². The second-order valence-electron chi connectivity index (χ2n) is 6.20. The van der Waals surface area contributed by atoms with Crippen LogP contribution in [0.4, 0.5) is 5.69 Å². The van der Waals surface area contributed by atoms with Crippen molar-refractivity contribution in [3.05, 3.63) is 29.8 Å². The van der Waals surface area contributed by atoms with E-state index in [0.29, 0.717) is 5.92 Å². The number of benzene rings is 1. The number of nitrogens with zero attached hydrogens (tertiary/aromatic N) is 1. The molecule has 0 heterocycles. The number of hydrazone groups is 1. The van der Waals surface area contributed by atoms with Crippen molar-refractivity contribution in [3.63, 3.8) is 0 Å². The number of aryl methyl sites for hydroxylation is 1. The molecule has 1 aliphatic carbocycles. The summed E-state index contributed by atoms with van der Waals surface area (Å²) in [5.41, 5.74) is 5.53. The molecule has 124 valence electrons. The molecule has 0 saturated heterocycles. The minimum atomic E-state index is -0.214. The van der Waals surface area contributed by atoms with Gasteiger partial charge < -0.3 is 5.32 Å². The SMILES string of the molecule is Cc1ccc(NC(=O)CCC(=O)NN=C2CCCCC2C)cc1. The topological polar surface area (TPSA) is 70.6 Å². The summed E-state index contributed by atoms with van der Waals surface area (Å²) in [4.78, 5) is 23.6. The fourth-order valence-corrected chi connectivity index (χ4v) is 2.61. The first kappa shape index (κ1) is 17.2. The Labute approximate surface area is 137 Å². The molecule has 1 atom stereocenters. The number of nitrogens with one attached hydrogen (secondary N) is 2. The van der Waals surface area contributed by atoms with Crippen LogP contribution in [0.5, 0.6) is 0 Å². The van der Waals surface area contributed by atoms with Crippen molar-refractivity contribution in [2.45, 2.75) is 52.4 Å². The molecule has 1 aliphatic rings. The van der Waals surface area contributed by atoms with Crippen LogP contribution >= 0.6 is 0 Å². The van der Waals surface area contributed by atoms with Crippen molar-refractivity contribution in [1.82, 2.24) is 5.43 Å². The Balaban J connectivity index is 1.72. The number of rotatable bonds is 5. The van der Waals surface area contributed by atoms with Gasteiger partial charge in [0.25, 0.3) is 0 Å². The van der Waals surface area contributed by atoms with Crippen LogP contribution in [0.1, 0.15) is 51.0 Å². The van der Waals surface area contributed by atoms with E-state index in [2.05, 4.69) is 22.8 Å². The quantitative estimate of drug-likeness (QED) is 0.818. The summed E-state index contributed by atoms with van der Waals surface area (Å²) < 4.78 is 0. The molecule has 1 aromatic carbocycles. The van der Waals surface area contributed by atoms with Gasteiger partial charge in [0.15, 0.2) is 0 Å². The molecule has 1 aromatic rings. The number of hydrogen-bond donors (Lipinski definition) is 2. The number of carbonyl (C=O) groups excluding carboxylic acids is 2. The van der Waals surface area contributed by atoms with Crippen LogP contribution in [0.25, 0.3) is 0 Å². The molecule has 0 spiro atoms. The zero-order valence-corrected chi connectivity index (χ0v) is 13.9. The van der Waals surface area contributed by atoms with Gasteiger partial charge in [-0.15, -0.1) is 0 Å². The van der Waals surface area contributed by atoms with E-state index in [4.69, 9.17) is 0 Å². The van der Waals surface area contributed by atoms with Crippen molar-refractivity contribution in [3.8, 4) is 0 Å². The van der Waals surface area contributed by atoms with Gasteiger partial charge in [-0.3, -0.25) is 9.59 Å². The van der Waals surface area contributed by atoms with E-state index in [-0.39, 0.29) is 24.7 Å². The van der Waals surface area contributed by atoms with E-state index in [1.54, 1.807) is 0 Å². The maximum atomic E-state index is 11.8. The Morgan fingerprint density at radius 2 is 1.83 bits per heavy atom. The Morgan fingerprint density at radius 3 is 2.52 bits per heavy atom. The molecule has 2 rings (SSSR count). The average Bonchev–Trinajstić information content (AvgIpc) is 2.54. The molecular weight excluding hydrogens is 290 g/mol. The largest absolute Gasteiger partial charge is 0.326 e. The average molecular weight is 315 g/mol. The zero-order valence-electron chi connectivity index (χ0n) is 13.9. The molecule has 23 heavy (non-hydrogen) atoms. The first-order valence-corrected chi connectivity index (χ1v) is 8.26. The molecule has 5 heteroatoms. The van der Waals surface area contributed by atoms with Gasteiger partial charge >= 0.3 is 0 Å². The summed E-state index contributed by atoms with van der Waals surface area (Å²) in [6.45, 7) is 4.13. The smallest absolute Gasteiger partial charge is 0.240 e. The van der Waals surface area contributed by atoms with Crippen molar-refractivity contribution >= 4 is 23.2 Å². The van der Waals surface area contributed by atoms with Crippen molar-refractivity contribution in [2.75, 3.05) is 5.32 Å². The monoisotopic (exact) mass is 315 g/mol. The number of amides is 2. The second kappa shape index (κ2) is 8.46. The summed E-state index contributed by atoms with van der Waals surface area (Å²) in [5, 5.41) is 7.00. The van der Waals surface area contributed by atoms with E-state index in [1.165, 1.54) is 6.42 Å². The first-order valence-electron chi connectivity index (χ1n) is 8.26. The van der Waals surface area contributed by atoms with Crippen LogP contribution < -0.4 is 10.7 Å². The summed E-state index contributed by atoms with van der Waals surface area (Å²) in [5.74, 6) is 0.0610. The van der Waals surface area contributed by atoms with E-state index in [9.17, 15) is 9.59 Å². The summed E-state index contributed by atoms with van der Waals surface area (Å²) in [6, 6.07) is 7.57. The van der Waals surface area contributed by atoms with E-state index >= 15 is 0 Å². The lowest BCUT2D eigenvalue weighted by molar-refractivity contribution is -0.124. The third-order valence-electron chi connectivity index (χ3n) is 4.13. The van der Waals surface area contributed by atoms with Crippen LogP contribution in [0.3, 0.4) is 0 Å². The lowest BCUT2D eigenvalue weighted by atomic mass is 9.89. The Kier molecular flexibility index (Phi) is 6.32. The minimum absolute atomic E-state index is 0.142. The third-order valence-corrected chi connectivity index (χ3v) is 4.13. The maximum absolute atomic E-state index is 11.8. The van der Waals surface area contributed by atoms with Gasteiger partial charge in [-0.2, -0.15) is 5.10 Å². The normalized spacial score (nSPS) is 19.4. The van der Waals surface area contributed by atoms with Crippen molar-refractivity contribution < 1.29 is 9.59 Å². The highest BCUT2D eigenvalue weighted by molar-refractivity contribution is 5.93. The van der Waals surface area contributed by atoms with Gasteiger partial charge in [0.1, 0.15) is 0 Å². The standard InChI is InChI=1S/C18H25N3O2/c1-13-7-9-15(10-8-13)19-17(22)11-12-18(23)21-20-16-6-4-3-5-14(16)2/h7-10,14H,3-6,11-12H2,1-2H3,(H,19,22)(H,21,23). The fourth-order valence-electron chi connectivity index (χ4n) is 2.61. The molecule has 0 aromatic heterocycles. The predicted molar refractivity (Wildman–Crippen MR) is 92.3 cm³/mol. The van der Waals surface area contributed by atoms with Crippen molar-refractivity contribution in [1.29, 1.82) is 0 Å². The van der Waals surface area contributed by atoms with Gasteiger partial charge in [-0.25, -0.2) is 5.43 Å². The predicted octanol–water partition coefficient (Wildman–Crippen LogP) is 3.40. The third kappa shape index (κ3) is 5.85. The maximum Gasteiger partial charge on any atom is 0.240 e. The number of carbonyl (C=O) groups is 2. The van der Waals surface area contributed by atoms with Gasteiger partial charge in [-0.05, 0) is 44.2 Å². The molecule has 0 aliphatic heterocycles. The van der Waals surface area contributed by atoms with Gasteiger partial charge in [-0.1, -0.05) is 31.0 Å². The lowest BCUT2D eigenvalue weighted by Gasteiger charge is -2.19. The molecule has 5 nitrogen and oxygen atoms in total. The van der Waals surface area contributed by atoms with Gasteiger partial charge in [0.05, 0.1) is 0 Å². The van der Waals surface area contributed by atoms with Crippen LogP contribution in [-0.2, 0) is 9.59 Å². The molecule has 1 unspecified atom stereocenters. The number of hydrogen-bond acceptors (Lipinski definition) is 3. The summed E-state index contributed by atoms with van der Waals surface area (Å²) in [6.07, 6.45) is 4.75. The zero-order chi connectivity index (χ0) is 16.7. The van der Waals surface area contributed by atoms with Crippen LogP contribution in [-0.4, -0.2) is 17.5 Å². The number of anilines is 1. The van der Waals surface area contributed by atoms with Crippen LogP contribution in [0.15, 0.2) is 29.4 Å². The summed E-state index contributed by atoms with van der Waals surface area (Å²) in [7, 11) is 0. The Bertz CT molecular complexity index is 578. The van der Waals surface area contributed by atoms with Gasteiger partial charge in [0.2, 0.25) is 11.8 Å². The molecule has 0 radical (unpaired) electrons. The van der Waals surface area contributed by atoms with E-state index < -0.39 is 0 Å². The lowest BCUT2D eigenvalue weighted by Crippen LogP contribution is -2.25. The highest BCUT2D eigenvalue weighted by atomic mass is 16.2. The van der Waals surface area contributed by atoms with Gasteiger partial charge in [0, 0.05) is 24.2 Å². The molecule has 2 N–H and O–H groups in total. The fraction of sp³-hybridized carbons (Fsp3) is 0.500. The molecule has 1 saturated carbocycles. The van der Waals surface area contributed by atoms with Crippen LogP contribution in [0, 0.1) is 12.8 Å². The van der Waals surface area contributed by atoms with Crippen LogP contribution in [0.2, 0.25) is 0 Å². The Hall–Kier alpha value is -2.17. The van der Waals surface area contributed by atoms with Crippen molar-refractivity contribution in [2.24, 2.45) is 11.0 Å². The molecule has 1 fully saturated rings. The Morgan fingerprint density at radius 1 is 1.13 bits per heavy atom.